The first-order valence-electron chi connectivity index (χ1n) is 9.56. The van der Waals surface area contributed by atoms with Crippen molar-refractivity contribution in [3.63, 3.8) is 0 Å². The second kappa shape index (κ2) is 13.5. The fourth-order valence-corrected chi connectivity index (χ4v) is 3.48. The highest BCUT2D eigenvalue weighted by Crippen LogP contribution is 2.45. The van der Waals surface area contributed by atoms with Crippen molar-refractivity contribution < 1.29 is 23.7 Å². The van der Waals surface area contributed by atoms with Crippen LogP contribution in [0.1, 0.15) is 71.6 Å². The Labute approximate surface area is 153 Å². The summed E-state index contributed by atoms with van der Waals surface area (Å²) < 4.78 is 22.1. The van der Waals surface area contributed by atoms with Crippen molar-refractivity contribution in [2.45, 2.75) is 77.6 Å². The first-order valence-corrected chi connectivity index (χ1v) is 9.56. The third kappa shape index (κ3) is 6.51. The molecule has 1 atom stereocenters. The minimum atomic E-state index is -1.47. The summed E-state index contributed by atoms with van der Waals surface area (Å²) >= 11 is 0. The highest BCUT2D eigenvalue weighted by molar-refractivity contribution is 5.78. The van der Waals surface area contributed by atoms with E-state index in [1.165, 1.54) is 40.6 Å². The van der Waals surface area contributed by atoms with Crippen LogP contribution in [0.5, 0.6) is 0 Å². The number of esters is 1. The normalized spacial score (nSPS) is 14.3. The van der Waals surface area contributed by atoms with Crippen LogP contribution >= 0.6 is 0 Å². The molecule has 6 heteroatoms. The zero-order valence-corrected chi connectivity index (χ0v) is 16.9. The summed E-state index contributed by atoms with van der Waals surface area (Å²) in [4.78, 5) is 13.0. The van der Waals surface area contributed by atoms with Crippen LogP contribution in [0.15, 0.2) is 0 Å². The fourth-order valence-electron chi connectivity index (χ4n) is 3.48. The van der Waals surface area contributed by atoms with Crippen molar-refractivity contribution in [2.75, 3.05) is 34.5 Å². The third-order valence-electron chi connectivity index (χ3n) is 4.82. The minimum absolute atomic E-state index is 0.299. The summed E-state index contributed by atoms with van der Waals surface area (Å²) in [5.41, 5.74) is 4.68. The smallest absolute Gasteiger partial charge is 0.320 e. The van der Waals surface area contributed by atoms with E-state index in [-0.39, 0.29) is 5.97 Å². The number of nitrogens with two attached hydrogens (primary N) is 1. The molecular formula is C19H39NO5. The molecule has 0 radical (unpaired) electrons. The highest BCUT2D eigenvalue weighted by Gasteiger charge is 2.59. The Bertz CT molecular complexity index is 338. The third-order valence-corrected chi connectivity index (χ3v) is 4.82. The lowest BCUT2D eigenvalue weighted by atomic mass is 9.75. The highest BCUT2D eigenvalue weighted by atomic mass is 16.9. The van der Waals surface area contributed by atoms with Crippen LogP contribution in [0.3, 0.4) is 0 Å². The predicted octanol–water partition coefficient (Wildman–Crippen LogP) is 3.62. The molecule has 0 aromatic carbocycles. The topological polar surface area (TPSA) is 80.0 Å². The number of methoxy groups -OCH3 is 3. The monoisotopic (exact) mass is 361 g/mol. The zero-order valence-electron chi connectivity index (χ0n) is 16.9. The van der Waals surface area contributed by atoms with E-state index in [1.54, 1.807) is 6.92 Å². The standard InChI is InChI=1S/C19H39NO5/c1-6-8-9-10-11-12-14-18(15-13-16-20,17(21)25-7-2)19(22-3,23-4)24-5/h6-16,20H2,1-5H3. The molecular weight excluding hydrogens is 322 g/mol. The van der Waals surface area contributed by atoms with Gasteiger partial charge in [0.25, 0.3) is 5.97 Å². The summed E-state index contributed by atoms with van der Waals surface area (Å²) in [6.45, 7) is 4.77. The average molecular weight is 362 g/mol. The van der Waals surface area contributed by atoms with Gasteiger partial charge in [0.2, 0.25) is 0 Å². The van der Waals surface area contributed by atoms with E-state index < -0.39 is 11.4 Å². The van der Waals surface area contributed by atoms with E-state index in [4.69, 9.17) is 24.7 Å². The maximum Gasteiger partial charge on any atom is 0.320 e. The molecule has 0 spiro atoms. The van der Waals surface area contributed by atoms with Gasteiger partial charge in [-0.3, -0.25) is 4.79 Å². The van der Waals surface area contributed by atoms with Crippen LogP contribution in [0.4, 0.5) is 0 Å². The molecule has 0 aromatic rings. The Kier molecular flexibility index (Phi) is 13.1. The molecule has 0 aliphatic heterocycles. The van der Waals surface area contributed by atoms with E-state index >= 15 is 0 Å². The number of carbonyl (C=O) groups is 1. The maximum absolute atomic E-state index is 13.0. The van der Waals surface area contributed by atoms with Gasteiger partial charge in [-0.2, -0.15) is 0 Å². The summed E-state index contributed by atoms with van der Waals surface area (Å²) in [7, 11) is 4.47. The fraction of sp³-hybridized carbons (Fsp3) is 0.947. The SMILES string of the molecule is CCCCCCCCC(CCCN)(C(=O)OCC)C(OC)(OC)OC. The lowest BCUT2D eigenvalue weighted by molar-refractivity contribution is -0.402. The second-order valence-corrected chi connectivity index (χ2v) is 6.38. The van der Waals surface area contributed by atoms with Gasteiger partial charge >= 0.3 is 5.97 Å². The second-order valence-electron chi connectivity index (χ2n) is 6.38. The molecule has 0 fully saturated rings. The lowest BCUT2D eigenvalue weighted by Gasteiger charge is -2.45. The van der Waals surface area contributed by atoms with E-state index in [0.29, 0.717) is 32.4 Å². The van der Waals surface area contributed by atoms with Crippen molar-refractivity contribution in [1.29, 1.82) is 0 Å². The molecule has 0 saturated carbocycles. The van der Waals surface area contributed by atoms with Gasteiger partial charge in [0.05, 0.1) is 6.61 Å². The van der Waals surface area contributed by atoms with Gasteiger partial charge < -0.3 is 24.7 Å². The van der Waals surface area contributed by atoms with Gasteiger partial charge in [0.1, 0.15) is 5.41 Å². The molecule has 0 heterocycles. The Morgan fingerprint density at radius 1 is 0.840 bits per heavy atom. The van der Waals surface area contributed by atoms with Gasteiger partial charge in [-0.05, 0) is 32.7 Å². The van der Waals surface area contributed by atoms with Crippen LogP contribution < -0.4 is 5.73 Å². The molecule has 0 aromatic heterocycles. The Morgan fingerprint density at radius 2 is 1.36 bits per heavy atom. The summed E-state index contributed by atoms with van der Waals surface area (Å²) in [5.74, 6) is -1.82. The molecule has 0 aliphatic carbocycles. The maximum atomic E-state index is 13.0. The zero-order chi connectivity index (χ0) is 19.2. The molecule has 0 saturated heterocycles. The van der Waals surface area contributed by atoms with Crippen LogP contribution in [0.2, 0.25) is 0 Å². The van der Waals surface area contributed by atoms with Crippen LogP contribution in [0, 0.1) is 5.41 Å². The summed E-state index contributed by atoms with van der Waals surface area (Å²) in [6, 6.07) is 0. The Balaban J connectivity index is 5.42. The number of rotatable bonds is 16. The Hall–Kier alpha value is -0.690. The minimum Gasteiger partial charge on any atom is -0.465 e. The first kappa shape index (κ1) is 24.3. The lowest BCUT2D eigenvalue weighted by Crippen LogP contribution is -2.58. The number of unbranched alkanes of at least 4 members (excludes halogenated alkanes) is 5. The van der Waals surface area contributed by atoms with Crippen molar-refractivity contribution in [3.8, 4) is 0 Å². The molecule has 150 valence electrons. The molecule has 0 bridgehead atoms. The van der Waals surface area contributed by atoms with Crippen LogP contribution in [-0.4, -0.2) is 46.4 Å². The van der Waals surface area contributed by atoms with E-state index in [0.717, 1.165) is 19.3 Å². The van der Waals surface area contributed by atoms with Crippen molar-refractivity contribution in [3.05, 3.63) is 0 Å². The molecule has 0 aliphatic rings. The first-order chi connectivity index (χ1) is 12.0. The number of carbonyl (C=O) groups excluding carboxylic acids is 1. The summed E-state index contributed by atoms with van der Waals surface area (Å²) in [6.07, 6.45) is 8.49. The van der Waals surface area contributed by atoms with Crippen molar-refractivity contribution >= 4 is 5.97 Å². The van der Waals surface area contributed by atoms with Crippen molar-refractivity contribution in [1.82, 2.24) is 0 Å². The largest absolute Gasteiger partial charge is 0.465 e. The number of hydrogen-bond donors (Lipinski definition) is 1. The molecule has 0 amide bonds. The van der Waals surface area contributed by atoms with Crippen LogP contribution in [0.25, 0.3) is 0 Å². The van der Waals surface area contributed by atoms with Gasteiger partial charge in [0, 0.05) is 21.3 Å². The van der Waals surface area contributed by atoms with Gasteiger partial charge in [-0.1, -0.05) is 45.4 Å². The average Bonchev–Trinajstić information content (AvgIpc) is 2.63. The molecule has 6 nitrogen and oxygen atoms in total. The van der Waals surface area contributed by atoms with Gasteiger partial charge in [0.15, 0.2) is 0 Å². The van der Waals surface area contributed by atoms with E-state index in [2.05, 4.69) is 6.92 Å². The van der Waals surface area contributed by atoms with Gasteiger partial charge in [-0.15, -0.1) is 0 Å². The number of ether oxygens (including phenoxy) is 4. The summed E-state index contributed by atoms with van der Waals surface area (Å²) in [5, 5.41) is 0. The number of hydrogen-bond acceptors (Lipinski definition) is 6. The van der Waals surface area contributed by atoms with E-state index in [1.807, 2.05) is 0 Å². The molecule has 0 rings (SSSR count). The Morgan fingerprint density at radius 3 is 1.84 bits per heavy atom. The molecule has 25 heavy (non-hydrogen) atoms. The van der Waals surface area contributed by atoms with Crippen molar-refractivity contribution in [2.24, 2.45) is 11.1 Å². The van der Waals surface area contributed by atoms with Gasteiger partial charge in [-0.25, -0.2) is 0 Å². The van der Waals surface area contributed by atoms with Crippen LogP contribution in [-0.2, 0) is 23.7 Å². The predicted molar refractivity (Wildman–Crippen MR) is 99.1 cm³/mol. The molecule has 2 N–H and O–H groups in total. The van der Waals surface area contributed by atoms with E-state index in [9.17, 15) is 4.79 Å². The molecule has 1 unspecified atom stereocenters. The quantitative estimate of drug-likeness (QED) is 0.257.